The van der Waals surface area contributed by atoms with Gasteiger partial charge in [-0.2, -0.15) is 5.26 Å². The number of ether oxygens (including phenoxy) is 1. The summed E-state index contributed by atoms with van der Waals surface area (Å²) in [6, 6.07) is 15.5. The summed E-state index contributed by atoms with van der Waals surface area (Å²) in [6.07, 6.45) is 4.66. The summed E-state index contributed by atoms with van der Waals surface area (Å²) in [5.41, 5.74) is 3.34. The Kier molecular flexibility index (Phi) is 6.51. The average Bonchev–Trinajstić information content (AvgIpc) is 3.53. The Labute approximate surface area is 229 Å². The van der Waals surface area contributed by atoms with E-state index in [-0.39, 0.29) is 6.09 Å². The first kappa shape index (κ1) is 25.4. The van der Waals surface area contributed by atoms with Crippen molar-refractivity contribution in [3.05, 3.63) is 59.9 Å². The number of likely N-dealkylation sites (tertiary alicyclic amines) is 1. The molecule has 1 amide bonds. The molecule has 6 rings (SSSR count). The van der Waals surface area contributed by atoms with E-state index in [0.717, 1.165) is 55.9 Å². The SMILES string of the molecule is CC(C)(C)OC(=O)N1CCN(c2ccc(CN3C[C@H]4C[C@@H]3CN4c3ccc(C#N)c4ncccc34)cn2)CC1. The number of aromatic nitrogens is 2. The lowest BCUT2D eigenvalue weighted by Gasteiger charge is -2.36. The van der Waals surface area contributed by atoms with Crippen molar-refractivity contribution in [2.75, 3.05) is 49.1 Å². The number of pyridine rings is 2. The summed E-state index contributed by atoms with van der Waals surface area (Å²) in [5, 5.41) is 10.5. The number of amides is 1. The van der Waals surface area contributed by atoms with Gasteiger partial charge in [-0.1, -0.05) is 6.07 Å². The molecule has 2 atom stereocenters. The van der Waals surface area contributed by atoms with Crippen LogP contribution < -0.4 is 9.80 Å². The van der Waals surface area contributed by atoms with Gasteiger partial charge < -0.3 is 19.4 Å². The lowest BCUT2D eigenvalue weighted by molar-refractivity contribution is 0.0240. The van der Waals surface area contributed by atoms with Crippen LogP contribution in [-0.2, 0) is 11.3 Å². The van der Waals surface area contributed by atoms with E-state index in [1.807, 2.05) is 39.1 Å². The van der Waals surface area contributed by atoms with Crippen molar-refractivity contribution < 1.29 is 9.53 Å². The molecular formula is C30H35N7O2. The van der Waals surface area contributed by atoms with E-state index in [1.54, 1.807) is 11.1 Å². The molecule has 3 saturated heterocycles. The quantitative estimate of drug-likeness (QED) is 0.505. The summed E-state index contributed by atoms with van der Waals surface area (Å²) in [7, 11) is 0. The van der Waals surface area contributed by atoms with E-state index in [9.17, 15) is 10.1 Å². The predicted molar refractivity (Wildman–Crippen MR) is 151 cm³/mol. The molecular weight excluding hydrogens is 490 g/mol. The van der Waals surface area contributed by atoms with E-state index in [1.165, 1.54) is 11.3 Å². The van der Waals surface area contributed by atoms with Gasteiger partial charge in [0.25, 0.3) is 0 Å². The van der Waals surface area contributed by atoms with Crippen LogP contribution in [0.25, 0.3) is 10.9 Å². The zero-order valence-electron chi connectivity index (χ0n) is 22.9. The van der Waals surface area contributed by atoms with Crippen LogP contribution in [0.5, 0.6) is 0 Å². The highest BCUT2D eigenvalue weighted by molar-refractivity contribution is 5.95. The largest absolute Gasteiger partial charge is 0.444 e. The summed E-state index contributed by atoms with van der Waals surface area (Å²) >= 11 is 0. The van der Waals surface area contributed by atoms with Crippen LogP contribution in [0.4, 0.5) is 16.3 Å². The Morgan fingerprint density at radius 2 is 1.87 bits per heavy atom. The first-order chi connectivity index (χ1) is 18.8. The molecule has 5 heterocycles. The minimum atomic E-state index is -0.478. The Morgan fingerprint density at radius 1 is 1.05 bits per heavy atom. The molecule has 3 aliphatic rings. The maximum absolute atomic E-state index is 12.4. The van der Waals surface area contributed by atoms with Crippen molar-refractivity contribution in [3.63, 3.8) is 0 Å². The highest BCUT2D eigenvalue weighted by Gasteiger charge is 2.43. The van der Waals surface area contributed by atoms with Crippen LogP contribution in [0.15, 0.2) is 48.8 Å². The van der Waals surface area contributed by atoms with Gasteiger partial charge in [0.2, 0.25) is 0 Å². The zero-order valence-corrected chi connectivity index (χ0v) is 22.9. The van der Waals surface area contributed by atoms with Gasteiger partial charge in [0, 0.05) is 81.4 Å². The molecule has 0 unspecified atom stereocenters. The Hall–Kier alpha value is -3.90. The second-order valence-corrected chi connectivity index (χ2v) is 11.7. The summed E-state index contributed by atoms with van der Waals surface area (Å²) in [6.45, 7) is 11.3. The molecule has 9 heteroatoms. The van der Waals surface area contributed by atoms with Crippen molar-refractivity contribution in [1.29, 1.82) is 5.26 Å². The first-order valence-corrected chi connectivity index (χ1v) is 13.8. The Balaban J connectivity index is 1.05. The van der Waals surface area contributed by atoms with Gasteiger partial charge >= 0.3 is 6.09 Å². The number of hydrogen-bond acceptors (Lipinski definition) is 8. The van der Waals surface area contributed by atoms with Gasteiger partial charge in [-0.05, 0) is 63.1 Å². The van der Waals surface area contributed by atoms with E-state index >= 15 is 0 Å². The third-order valence-corrected chi connectivity index (χ3v) is 7.98. The number of nitrogens with zero attached hydrogens (tertiary/aromatic N) is 7. The van der Waals surface area contributed by atoms with Gasteiger partial charge in [-0.15, -0.1) is 0 Å². The number of fused-ring (bicyclic) bond motifs is 3. The number of anilines is 2. The minimum Gasteiger partial charge on any atom is -0.444 e. The number of carbonyl (C=O) groups is 1. The van der Waals surface area contributed by atoms with E-state index in [2.05, 4.69) is 50.0 Å². The topological polar surface area (TPSA) is 88.8 Å². The van der Waals surface area contributed by atoms with Gasteiger partial charge in [0.05, 0.1) is 11.1 Å². The van der Waals surface area contributed by atoms with Crippen LogP contribution in [-0.4, -0.2) is 82.8 Å². The van der Waals surface area contributed by atoms with E-state index in [0.29, 0.717) is 30.7 Å². The zero-order chi connectivity index (χ0) is 27.1. The number of nitriles is 1. The highest BCUT2D eigenvalue weighted by atomic mass is 16.6. The van der Waals surface area contributed by atoms with Crippen LogP contribution in [0.1, 0.15) is 38.3 Å². The molecule has 3 fully saturated rings. The fraction of sp³-hybridized carbons (Fsp3) is 0.467. The average molecular weight is 526 g/mol. The molecule has 2 aromatic heterocycles. The lowest BCUT2D eigenvalue weighted by atomic mass is 10.1. The standard InChI is InChI=1S/C30H35N7O2/c1-30(2,3)39-29(38)35-13-11-34(12-14-35)27-9-6-21(17-33-27)18-36-19-24-15-23(36)20-37(24)26-8-7-22(16-31)28-25(26)5-4-10-32-28/h4-10,17,23-24H,11-15,18-20H2,1-3H3/t23-,24-/m1/s1. The van der Waals surface area contributed by atoms with Crippen LogP contribution >= 0.6 is 0 Å². The molecule has 3 aromatic rings. The number of carbonyl (C=O) groups excluding carboxylic acids is 1. The van der Waals surface area contributed by atoms with Gasteiger partial charge in [0.1, 0.15) is 17.5 Å². The molecule has 0 aliphatic carbocycles. The molecule has 0 radical (unpaired) electrons. The minimum absolute atomic E-state index is 0.243. The molecule has 9 nitrogen and oxygen atoms in total. The summed E-state index contributed by atoms with van der Waals surface area (Å²) in [4.78, 5) is 30.7. The maximum Gasteiger partial charge on any atom is 0.410 e. The number of hydrogen-bond donors (Lipinski definition) is 0. The van der Waals surface area contributed by atoms with Gasteiger partial charge in [0.15, 0.2) is 0 Å². The molecule has 1 aromatic carbocycles. The molecule has 0 saturated carbocycles. The molecule has 202 valence electrons. The van der Waals surface area contributed by atoms with Crippen molar-refractivity contribution in [3.8, 4) is 6.07 Å². The van der Waals surface area contributed by atoms with Crippen LogP contribution in [0, 0.1) is 11.3 Å². The van der Waals surface area contributed by atoms with E-state index in [4.69, 9.17) is 9.72 Å². The van der Waals surface area contributed by atoms with Crippen molar-refractivity contribution in [2.24, 2.45) is 0 Å². The predicted octanol–water partition coefficient (Wildman–Crippen LogP) is 4.02. The summed E-state index contributed by atoms with van der Waals surface area (Å²) in [5.74, 6) is 0.956. The molecule has 0 N–H and O–H groups in total. The normalized spacial score (nSPS) is 21.4. The summed E-state index contributed by atoms with van der Waals surface area (Å²) < 4.78 is 5.51. The fourth-order valence-electron chi connectivity index (χ4n) is 6.11. The van der Waals surface area contributed by atoms with E-state index < -0.39 is 5.60 Å². The van der Waals surface area contributed by atoms with Crippen molar-refractivity contribution >= 4 is 28.5 Å². The van der Waals surface area contributed by atoms with Crippen molar-refractivity contribution in [2.45, 2.75) is 51.4 Å². The maximum atomic E-state index is 12.4. The first-order valence-electron chi connectivity index (χ1n) is 13.8. The number of benzene rings is 1. The highest BCUT2D eigenvalue weighted by Crippen LogP contribution is 2.38. The number of rotatable bonds is 4. The smallest absolute Gasteiger partial charge is 0.410 e. The second-order valence-electron chi connectivity index (χ2n) is 11.7. The van der Waals surface area contributed by atoms with Gasteiger partial charge in [-0.25, -0.2) is 9.78 Å². The molecule has 0 spiro atoms. The fourth-order valence-corrected chi connectivity index (χ4v) is 6.11. The third-order valence-electron chi connectivity index (χ3n) is 7.98. The van der Waals surface area contributed by atoms with Crippen LogP contribution in [0.3, 0.4) is 0 Å². The molecule has 39 heavy (non-hydrogen) atoms. The molecule has 2 bridgehead atoms. The third kappa shape index (κ3) is 5.09. The van der Waals surface area contributed by atoms with Gasteiger partial charge in [-0.3, -0.25) is 9.88 Å². The monoisotopic (exact) mass is 525 g/mol. The second kappa shape index (κ2) is 10.0. The molecule has 3 aliphatic heterocycles. The Bertz CT molecular complexity index is 1400. The van der Waals surface area contributed by atoms with Crippen molar-refractivity contribution in [1.82, 2.24) is 19.8 Å². The van der Waals surface area contributed by atoms with Crippen LogP contribution in [0.2, 0.25) is 0 Å². The lowest BCUT2D eigenvalue weighted by Crippen LogP contribution is -2.50. The Morgan fingerprint density at radius 3 is 2.54 bits per heavy atom. The number of piperazine rings is 2.